The zero-order chi connectivity index (χ0) is 18.6. The molecule has 4 nitrogen and oxygen atoms in total. The van der Waals surface area contributed by atoms with Crippen LogP contribution in [0.4, 0.5) is 4.79 Å². The summed E-state index contributed by atoms with van der Waals surface area (Å²) in [6.45, 7) is 5.45. The number of halogens is 2. The number of rotatable bonds is 4. The minimum Gasteiger partial charge on any atom is -0.444 e. The SMILES string of the molecule is CC(C)(C)OC(=O)NC(c1ccc(Cl)cc1)C(N)c1ccc(Br)cc1. The second kappa shape index (κ2) is 8.21. The van der Waals surface area contributed by atoms with Gasteiger partial charge in [-0.3, -0.25) is 0 Å². The highest BCUT2D eigenvalue weighted by molar-refractivity contribution is 9.10. The van der Waals surface area contributed by atoms with Crippen molar-refractivity contribution in [2.45, 2.75) is 38.5 Å². The van der Waals surface area contributed by atoms with E-state index in [1.165, 1.54) is 0 Å². The minimum atomic E-state index is -0.587. The quantitative estimate of drug-likeness (QED) is 0.692. The first kappa shape index (κ1) is 19.8. The predicted molar refractivity (Wildman–Crippen MR) is 105 cm³/mol. The van der Waals surface area contributed by atoms with Crippen LogP contribution in [0.3, 0.4) is 0 Å². The molecule has 2 aromatic carbocycles. The van der Waals surface area contributed by atoms with Gasteiger partial charge in [-0.25, -0.2) is 4.79 Å². The summed E-state index contributed by atoms with van der Waals surface area (Å²) in [7, 11) is 0. The number of amides is 1. The van der Waals surface area contributed by atoms with Crippen LogP contribution in [0.25, 0.3) is 0 Å². The van der Waals surface area contributed by atoms with Crippen LogP contribution in [0.2, 0.25) is 5.02 Å². The van der Waals surface area contributed by atoms with Crippen molar-refractivity contribution in [3.63, 3.8) is 0 Å². The lowest BCUT2D eigenvalue weighted by Crippen LogP contribution is -2.39. The van der Waals surface area contributed by atoms with Crippen molar-refractivity contribution in [1.29, 1.82) is 0 Å². The van der Waals surface area contributed by atoms with Gasteiger partial charge in [0.05, 0.1) is 12.1 Å². The standard InChI is InChI=1S/C19H22BrClN2O2/c1-19(2,3)25-18(24)23-17(13-6-10-15(21)11-7-13)16(22)12-4-8-14(20)9-5-12/h4-11,16-17H,22H2,1-3H3,(H,23,24). The molecule has 0 aromatic heterocycles. The summed E-state index contributed by atoms with van der Waals surface area (Å²) in [5, 5.41) is 3.50. The van der Waals surface area contributed by atoms with E-state index in [0.717, 1.165) is 15.6 Å². The van der Waals surface area contributed by atoms with Crippen molar-refractivity contribution in [1.82, 2.24) is 5.32 Å². The van der Waals surface area contributed by atoms with Crippen LogP contribution in [0, 0.1) is 0 Å². The molecule has 0 radical (unpaired) electrons. The molecule has 0 heterocycles. The molecule has 0 bridgehead atoms. The molecule has 0 aliphatic carbocycles. The Labute approximate surface area is 161 Å². The molecule has 2 unspecified atom stereocenters. The van der Waals surface area contributed by atoms with Gasteiger partial charge in [-0.15, -0.1) is 0 Å². The molecule has 0 aliphatic heterocycles. The van der Waals surface area contributed by atoms with Gasteiger partial charge in [0.1, 0.15) is 5.60 Å². The van der Waals surface area contributed by atoms with Crippen LogP contribution in [0.5, 0.6) is 0 Å². The highest BCUT2D eigenvalue weighted by Gasteiger charge is 2.26. The van der Waals surface area contributed by atoms with E-state index in [1.807, 2.05) is 57.2 Å². The maximum absolute atomic E-state index is 12.3. The Morgan fingerprint density at radius 1 is 1.08 bits per heavy atom. The van der Waals surface area contributed by atoms with Crippen LogP contribution in [0.1, 0.15) is 44.0 Å². The van der Waals surface area contributed by atoms with Crippen molar-refractivity contribution in [2.75, 3.05) is 0 Å². The van der Waals surface area contributed by atoms with Gasteiger partial charge in [0.15, 0.2) is 0 Å². The van der Waals surface area contributed by atoms with E-state index in [9.17, 15) is 4.79 Å². The van der Waals surface area contributed by atoms with E-state index in [4.69, 9.17) is 22.1 Å². The third kappa shape index (κ3) is 6.03. The van der Waals surface area contributed by atoms with Crippen molar-refractivity contribution in [2.24, 2.45) is 5.73 Å². The summed E-state index contributed by atoms with van der Waals surface area (Å²) < 4.78 is 6.34. The van der Waals surface area contributed by atoms with Gasteiger partial charge in [0.2, 0.25) is 0 Å². The summed E-state index contributed by atoms with van der Waals surface area (Å²) in [6, 6.07) is 14.0. The third-order valence-electron chi connectivity index (χ3n) is 3.52. The van der Waals surface area contributed by atoms with Gasteiger partial charge in [-0.2, -0.15) is 0 Å². The Kier molecular flexibility index (Phi) is 6.49. The van der Waals surface area contributed by atoms with Crippen molar-refractivity contribution in [3.05, 3.63) is 69.2 Å². The van der Waals surface area contributed by atoms with Crippen molar-refractivity contribution < 1.29 is 9.53 Å². The molecule has 0 spiro atoms. The minimum absolute atomic E-state index is 0.443. The molecule has 2 rings (SSSR count). The number of nitrogens with two attached hydrogens (primary N) is 1. The molecule has 2 aromatic rings. The lowest BCUT2D eigenvalue weighted by molar-refractivity contribution is 0.0495. The van der Waals surface area contributed by atoms with Crippen LogP contribution >= 0.6 is 27.5 Å². The average molecular weight is 426 g/mol. The first-order valence-electron chi connectivity index (χ1n) is 7.92. The number of hydrogen-bond donors (Lipinski definition) is 2. The fraction of sp³-hybridized carbons (Fsp3) is 0.316. The van der Waals surface area contributed by atoms with Crippen LogP contribution in [-0.4, -0.2) is 11.7 Å². The topological polar surface area (TPSA) is 64.3 Å². The van der Waals surface area contributed by atoms with E-state index in [-0.39, 0.29) is 0 Å². The molecule has 0 saturated heterocycles. The second-order valence-electron chi connectivity index (χ2n) is 6.75. The first-order valence-corrected chi connectivity index (χ1v) is 9.09. The van der Waals surface area contributed by atoms with E-state index in [1.54, 1.807) is 12.1 Å². The van der Waals surface area contributed by atoms with Crippen LogP contribution in [-0.2, 0) is 4.74 Å². The number of nitrogens with one attached hydrogen (secondary N) is 1. The first-order chi connectivity index (χ1) is 11.7. The van der Waals surface area contributed by atoms with Crippen molar-refractivity contribution in [3.8, 4) is 0 Å². The van der Waals surface area contributed by atoms with E-state index in [0.29, 0.717) is 5.02 Å². The molecule has 134 valence electrons. The molecule has 2 atom stereocenters. The van der Waals surface area contributed by atoms with Gasteiger partial charge in [-0.05, 0) is 56.2 Å². The lowest BCUT2D eigenvalue weighted by Gasteiger charge is -2.28. The van der Waals surface area contributed by atoms with Gasteiger partial charge >= 0.3 is 6.09 Å². The molecular weight excluding hydrogens is 404 g/mol. The number of ether oxygens (including phenoxy) is 1. The number of hydrogen-bond acceptors (Lipinski definition) is 3. The van der Waals surface area contributed by atoms with E-state index in [2.05, 4.69) is 21.2 Å². The zero-order valence-corrected chi connectivity index (χ0v) is 16.8. The molecule has 0 saturated carbocycles. The van der Waals surface area contributed by atoms with Crippen molar-refractivity contribution >= 4 is 33.6 Å². The van der Waals surface area contributed by atoms with E-state index < -0.39 is 23.8 Å². The highest BCUT2D eigenvalue weighted by atomic mass is 79.9. The van der Waals surface area contributed by atoms with Gasteiger partial charge in [0.25, 0.3) is 0 Å². The Balaban J connectivity index is 2.29. The predicted octanol–water partition coefficient (Wildman–Crippen LogP) is 5.37. The summed E-state index contributed by atoms with van der Waals surface area (Å²) in [5.41, 5.74) is 7.62. The molecule has 3 N–H and O–H groups in total. The fourth-order valence-electron chi connectivity index (χ4n) is 2.36. The Morgan fingerprint density at radius 3 is 2.12 bits per heavy atom. The number of carbonyl (C=O) groups is 1. The number of alkyl carbamates (subject to hydrolysis) is 1. The average Bonchev–Trinajstić information content (AvgIpc) is 2.52. The zero-order valence-electron chi connectivity index (χ0n) is 14.4. The number of carbonyl (C=O) groups excluding carboxylic acids is 1. The summed E-state index contributed by atoms with van der Waals surface area (Å²) in [5.74, 6) is 0. The fourth-order valence-corrected chi connectivity index (χ4v) is 2.75. The maximum atomic E-state index is 12.3. The Hall–Kier alpha value is -1.56. The van der Waals surface area contributed by atoms with Crippen LogP contribution < -0.4 is 11.1 Å². The van der Waals surface area contributed by atoms with E-state index >= 15 is 0 Å². The van der Waals surface area contributed by atoms with Gasteiger partial charge in [0, 0.05) is 9.50 Å². The largest absolute Gasteiger partial charge is 0.444 e. The Morgan fingerprint density at radius 2 is 1.60 bits per heavy atom. The summed E-state index contributed by atoms with van der Waals surface area (Å²) in [6.07, 6.45) is -0.514. The smallest absolute Gasteiger partial charge is 0.408 e. The van der Waals surface area contributed by atoms with Gasteiger partial charge in [-0.1, -0.05) is 51.8 Å². The van der Waals surface area contributed by atoms with Gasteiger partial charge < -0.3 is 15.8 Å². The monoisotopic (exact) mass is 424 g/mol. The molecular formula is C19H22BrClN2O2. The normalized spacial score (nSPS) is 13.8. The molecule has 6 heteroatoms. The molecule has 1 amide bonds. The summed E-state index contributed by atoms with van der Waals surface area (Å²) >= 11 is 9.39. The Bertz CT molecular complexity index is 712. The molecule has 0 aliphatic rings. The molecule has 25 heavy (non-hydrogen) atoms. The van der Waals surface area contributed by atoms with Crippen LogP contribution in [0.15, 0.2) is 53.0 Å². The second-order valence-corrected chi connectivity index (χ2v) is 8.10. The number of benzene rings is 2. The third-order valence-corrected chi connectivity index (χ3v) is 4.30. The summed E-state index contributed by atoms with van der Waals surface area (Å²) in [4.78, 5) is 12.3. The lowest BCUT2D eigenvalue weighted by atomic mass is 9.94. The maximum Gasteiger partial charge on any atom is 0.408 e. The molecule has 0 fully saturated rings. The highest BCUT2D eigenvalue weighted by Crippen LogP contribution is 2.29.